The third kappa shape index (κ3) is 8.47. The average Bonchev–Trinajstić information content (AvgIpc) is 2.50. The first-order valence-corrected chi connectivity index (χ1v) is 9.16. The van der Waals surface area contributed by atoms with Crippen molar-refractivity contribution < 1.29 is 0 Å². The molecule has 0 aliphatic carbocycles. The Labute approximate surface area is 141 Å². The molecule has 1 aromatic carbocycles. The summed E-state index contributed by atoms with van der Waals surface area (Å²) in [6.07, 6.45) is 12.1. The second-order valence-corrected chi connectivity index (χ2v) is 6.71. The van der Waals surface area contributed by atoms with Crippen LogP contribution < -0.4 is 4.90 Å². The molecule has 0 amide bonds. The second-order valence-electron chi connectivity index (χ2n) is 5.60. The van der Waals surface area contributed by atoms with Gasteiger partial charge in [0.25, 0.3) is 0 Å². The Morgan fingerprint density at radius 2 is 1.43 bits per heavy atom. The van der Waals surface area contributed by atoms with Crippen LogP contribution in [0, 0.1) is 0 Å². The van der Waals surface area contributed by atoms with Crippen LogP contribution in [0.15, 0.2) is 30.3 Å². The van der Waals surface area contributed by atoms with Gasteiger partial charge in [0.05, 0.1) is 0 Å². The van der Waals surface area contributed by atoms with Crippen molar-refractivity contribution in [3.05, 3.63) is 30.3 Å². The summed E-state index contributed by atoms with van der Waals surface area (Å²) in [5.74, 6) is 0. The molecule has 0 heterocycles. The molecule has 0 spiro atoms. The van der Waals surface area contributed by atoms with Crippen LogP contribution in [0.3, 0.4) is 0 Å². The number of benzene rings is 1. The Morgan fingerprint density at radius 3 is 1.95 bits per heavy atom. The van der Waals surface area contributed by atoms with Crippen LogP contribution in [-0.2, 0) is 0 Å². The molecule has 3 heteroatoms. The van der Waals surface area contributed by atoms with Crippen LogP contribution in [0.4, 0.5) is 5.69 Å². The van der Waals surface area contributed by atoms with E-state index in [0.717, 1.165) is 12.2 Å². The zero-order valence-corrected chi connectivity index (χ0v) is 15.0. The standard InChI is InChI=1S/C18H29NS2/c1-2-3-4-5-6-7-8-9-13-16-19(18(20)21)17-14-11-10-12-15-17/h10-12,14-15H,2-9,13,16H2,1H3,(H,20,21). The topological polar surface area (TPSA) is 3.24 Å². The Balaban J connectivity index is 2.13. The first kappa shape index (κ1) is 18.5. The number of unbranched alkanes of at least 4 members (excludes halogenated alkanes) is 8. The van der Waals surface area contributed by atoms with Crippen molar-refractivity contribution >= 4 is 34.9 Å². The third-order valence-corrected chi connectivity index (χ3v) is 4.25. The van der Waals surface area contributed by atoms with Crippen molar-refractivity contribution in [2.75, 3.05) is 11.4 Å². The van der Waals surface area contributed by atoms with Gasteiger partial charge in [-0.25, -0.2) is 0 Å². The molecule has 0 aromatic heterocycles. The summed E-state index contributed by atoms with van der Waals surface area (Å²) in [5.41, 5.74) is 1.15. The summed E-state index contributed by atoms with van der Waals surface area (Å²) in [6.45, 7) is 3.24. The lowest BCUT2D eigenvalue weighted by Crippen LogP contribution is -2.26. The van der Waals surface area contributed by atoms with Crippen LogP contribution in [-0.4, -0.2) is 10.9 Å². The number of nitrogens with zero attached hydrogens (tertiary/aromatic N) is 1. The summed E-state index contributed by atoms with van der Waals surface area (Å²) in [7, 11) is 0. The predicted octanol–water partition coefficient (Wildman–Crippen LogP) is 6.24. The van der Waals surface area contributed by atoms with Gasteiger partial charge in [-0.2, -0.15) is 0 Å². The lowest BCUT2D eigenvalue weighted by molar-refractivity contribution is 0.567. The zero-order chi connectivity index (χ0) is 15.3. The van der Waals surface area contributed by atoms with Crippen molar-refractivity contribution in [2.45, 2.75) is 64.7 Å². The average molecular weight is 324 g/mol. The van der Waals surface area contributed by atoms with E-state index in [2.05, 4.69) is 36.6 Å². The molecule has 0 atom stereocenters. The smallest absolute Gasteiger partial charge is 0.137 e. The SMILES string of the molecule is CCCCCCCCCCCN(C(=S)S)c1ccccc1. The molecule has 0 fully saturated rings. The summed E-state index contributed by atoms with van der Waals surface area (Å²) in [5, 5.41) is 0. The quantitative estimate of drug-likeness (QED) is 0.292. The van der Waals surface area contributed by atoms with E-state index in [1.807, 2.05) is 18.2 Å². The molecule has 0 saturated carbocycles. The van der Waals surface area contributed by atoms with Gasteiger partial charge in [-0.1, -0.05) is 88.7 Å². The predicted molar refractivity (Wildman–Crippen MR) is 103 cm³/mol. The number of hydrogen-bond acceptors (Lipinski definition) is 1. The molecular formula is C18H29NS2. The van der Waals surface area contributed by atoms with Gasteiger partial charge >= 0.3 is 0 Å². The Bertz CT molecular complexity index is 378. The molecule has 0 saturated heterocycles. The van der Waals surface area contributed by atoms with Crippen molar-refractivity contribution in [1.82, 2.24) is 0 Å². The van der Waals surface area contributed by atoms with E-state index < -0.39 is 0 Å². The van der Waals surface area contributed by atoms with E-state index >= 15 is 0 Å². The summed E-state index contributed by atoms with van der Waals surface area (Å²) in [4.78, 5) is 2.12. The van der Waals surface area contributed by atoms with Crippen LogP contribution >= 0.6 is 24.8 Å². The van der Waals surface area contributed by atoms with Gasteiger partial charge in [-0.05, 0) is 18.6 Å². The van der Waals surface area contributed by atoms with Crippen LogP contribution in [0.1, 0.15) is 64.7 Å². The number of thiol groups is 1. The number of anilines is 1. The van der Waals surface area contributed by atoms with Gasteiger partial charge in [-0.3, -0.25) is 0 Å². The molecule has 118 valence electrons. The lowest BCUT2D eigenvalue weighted by Gasteiger charge is -2.22. The van der Waals surface area contributed by atoms with Gasteiger partial charge in [0.1, 0.15) is 4.32 Å². The third-order valence-electron chi connectivity index (χ3n) is 3.78. The largest absolute Gasteiger partial charge is 0.328 e. The molecule has 1 aromatic rings. The fourth-order valence-corrected chi connectivity index (χ4v) is 2.94. The number of thiocarbonyl (C=S) groups is 1. The molecular weight excluding hydrogens is 294 g/mol. The summed E-state index contributed by atoms with van der Waals surface area (Å²) in [6, 6.07) is 10.3. The Morgan fingerprint density at radius 1 is 0.905 bits per heavy atom. The van der Waals surface area contributed by atoms with Crippen molar-refractivity contribution in [3.8, 4) is 0 Å². The normalized spacial score (nSPS) is 10.6. The van der Waals surface area contributed by atoms with Crippen molar-refractivity contribution in [1.29, 1.82) is 0 Å². The van der Waals surface area contributed by atoms with Crippen molar-refractivity contribution in [2.24, 2.45) is 0 Å². The summed E-state index contributed by atoms with van der Waals surface area (Å²) < 4.78 is 0.667. The monoisotopic (exact) mass is 323 g/mol. The maximum absolute atomic E-state index is 5.25. The molecule has 1 rings (SSSR count). The molecule has 1 nitrogen and oxygen atoms in total. The highest BCUT2D eigenvalue weighted by molar-refractivity contribution is 8.11. The highest BCUT2D eigenvalue weighted by Gasteiger charge is 2.07. The second kappa shape index (κ2) is 12.0. The zero-order valence-electron chi connectivity index (χ0n) is 13.3. The van der Waals surface area contributed by atoms with E-state index in [1.54, 1.807) is 0 Å². The van der Waals surface area contributed by atoms with Gasteiger partial charge in [-0.15, -0.1) is 12.6 Å². The molecule has 21 heavy (non-hydrogen) atoms. The fraction of sp³-hybridized carbons (Fsp3) is 0.611. The maximum Gasteiger partial charge on any atom is 0.137 e. The van der Waals surface area contributed by atoms with Crippen LogP contribution in [0.25, 0.3) is 0 Å². The molecule has 0 radical (unpaired) electrons. The van der Waals surface area contributed by atoms with Crippen LogP contribution in [0.2, 0.25) is 0 Å². The minimum atomic E-state index is 0.667. The van der Waals surface area contributed by atoms with Gasteiger partial charge in [0.2, 0.25) is 0 Å². The number of rotatable bonds is 11. The Hall–Kier alpha value is -0.540. The number of hydrogen-bond donors (Lipinski definition) is 1. The fourth-order valence-electron chi connectivity index (χ4n) is 2.52. The molecule has 0 unspecified atom stereocenters. The van der Waals surface area contributed by atoms with Gasteiger partial charge < -0.3 is 4.90 Å². The maximum atomic E-state index is 5.25. The summed E-state index contributed by atoms with van der Waals surface area (Å²) >= 11 is 9.60. The lowest BCUT2D eigenvalue weighted by atomic mass is 10.1. The molecule has 0 aliphatic rings. The first-order valence-electron chi connectivity index (χ1n) is 8.31. The van der Waals surface area contributed by atoms with Gasteiger partial charge in [0.15, 0.2) is 0 Å². The highest BCUT2D eigenvalue weighted by atomic mass is 32.1. The first-order chi connectivity index (χ1) is 10.3. The number of para-hydroxylation sites is 1. The van der Waals surface area contributed by atoms with Crippen LogP contribution in [0.5, 0.6) is 0 Å². The van der Waals surface area contributed by atoms with E-state index in [1.165, 1.54) is 57.8 Å². The van der Waals surface area contributed by atoms with E-state index in [4.69, 9.17) is 12.2 Å². The van der Waals surface area contributed by atoms with E-state index in [-0.39, 0.29) is 0 Å². The highest BCUT2D eigenvalue weighted by Crippen LogP contribution is 2.17. The van der Waals surface area contributed by atoms with E-state index in [9.17, 15) is 0 Å². The van der Waals surface area contributed by atoms with E-state index in [0.29, 0.717) is 4.32 Å². The molecule has 0 N–H and O–H groups in total. The Kier molecular flexibility index (Phi) is 10.6. The minimum Gasteiger partial charge on any atom is -0.328 e. The molecule has 0 aliphatic heterocycles. The van der Waals surface area contributed by atoms with Crippen molar-refractivity contribution in [3.63, 3.8) is 0 Å². The molecule has 0 bridgehead atoms. The van der Waals surface area contributed by atoms with Gasteiger partial charge in [0, 0.05) is 12.2 Å². The minimum absolute atomic E-state index is 0.667.